The van der Waals surface area contributed by atoms with E-state index in [-0.39, 0.29) is 11.8 Å². The van der Waals surface area contributed by atoms with E-state index in [1.54, 1.807) is 10.8 Å². The Bertz CT molecular complexity index is 1140. The van der Waals surface area contributed by atoms with Gasteiger partial charge in [-0.05, 0) is 37.3 Å². The first-order chi connectivity index (χ1) is 14.2. The number of nitrogens with two attached hydrogens (primary N) is 1. The molecule has 0 aliphatic heterocycles. The van der Waals surface area contributed by atoms with Crippen LogP contribution in [0.5, 0.6) is 0 Å². The third-order valence-corrected chi connectivity index (χ3v) is 5.94. The second-order valence-electron chi connectivity index (χ2n) is 7.70. The largest absolute Gasteiger partial charge is 0.346 e. The van der Waals surface area contributed by atoms with Gasteiger partial charge in [-0.1, -0.05) is 35.5 Å². The molecule has 8 heteroatoms. The topological polar surface area (TPSA) is 114 Å². The fraction of sp³-hybridized carbons (Fsp3) is 0.333. The summed E-state index contributed by atoms with van der Waals surface area (Å²) in [5, 5.41) is 12.7. The lowest BCUT2D eigenvalue weighted by Crippen LogP contribution is -2.39. The van der Waals surface area contributed by atoms with Gasteiger partial charge in [0.15, 0.2) is 0 Å². The number of H-pyrrole nitrogens is 1. The maximum atomic E-state index is 12.7. The quantitative estimate of drug-likeness (QED) is 0.464. The normalized spacial score (nSPS) is 20.7. The molecule has 1 atom stereocenters. The van der Waals surface area contributed by atoms with Crippen LogP contribution in [-0.4, -0.2) is 30.7 Å². The summed E-state index contributed by atoms with van der Waals surface area (Å²) in [4.78, 5) is 20.2. The maximum absolute atomic E-state index is 12.7. The fourth-order valence-electron chi connectivity index (χ4n) is 4.34. The van der Waals surface area contributed by atoms with Gasteiger partial charge in [0.2, 0.25) is 5.91 Å². The van der Waals surface area contributed by atoms with Crippen molar-refractivity contribution in [2.24, 2.45) is 11.7 Å². The molecule has 4 aromatic rings. The first-order valence-electron chi connectivity index (χ1n) is 9.98. The highest BCUT2D eigenvalue weighted by Gasteiger charge is 2.30. The van der Waals surface area contributed by atoms with Gasteiger partial charge in [0.05, 0.1) is 5.69 Å². The third kappa shape index (κ3) is 3.25. The number of carbonyl (C=O) groups is 1. The molecule has 1 aliphatic carbocycles. The average molecular weight is 389 g/mol. The smallest absolute Gasteiger partial charge is 0.224 e. The van der Waals surface area contributed by atoms with Crippen LogP contribution in [0.2, 0.25) is 0 Å². The Balaban J connectivity index is 1.28. The molecule has 29 heavy (non-hydrogen) atoms. The lowest BCUT2D eigenvalue weighted by Gasteiger charge is -2.28. The van der Waals surface area contributed by atoms with Gasteiger partial charge in [0.1, 0.15) is 23.7 Å². The van der Waals surface area contributed by atoms with E-state index in [0.29, 0.717) is 5.92 Å². The summed E-state index contributed by atoms with van der Waals surface area (Å²) < 4.78 is 1.74. The number of rotatable bonds is 4. The summed E-state index contributed by atoms with van der Waals surface area (Å²) in [5.41, 5.74) is 9.91. The lowest BCUT2D eigenvalue weighted by molar-refractivity contribution is -0.126. The monoisotopic (exact) mass is 389 g/mol. The van der Waals surface area contributed by atoms with Crippen LogP contribution in [0, 0.1) is 5.92 Å². The number of nitrogens with one attached hydrogen (secondary N) is 2. The van der Waals surface area contributed by atoms with Gasteiger partial charge >= 0.3 is 0 Å². The molecule has 1 aliphatic rings. The Morgan fingerprint density at radius 1 is 1.17 bits per heavy atom. The molecule has 1 fully saturated rings. The van der Waals surface area contributed by atoms with Crippen LogP contribution >= 0.6 is 0 Å². The molecule has 0 spiro atoms. The molecule has 3 heterocycles. The molecular weight excluding hydrogens is 366 g/mol. The minimum atomic E-state index is -0.475. The van der Waals surface area contributed by atoms with Gasteiger partial charge in [0.25, 0.3) is 0 Å². The summed E-state index contributed by atoms with van der Waals surface area (Å²) in [6, 6.07) is 11.6. The second-order valence-corrected chi connectivity index (χ2v) is 7.70. The van der Waals surface area contributed by atoms with Crippen LogP contribution in [0.15, 0.2) is 48.9 Å². The number of hydrogen-bond acceptors (Lipinski definition) is 5. The molecule has 1 unspecified atom stereocenters. The number of hydrogen-bond donors (Lipinski definition) is 3. The van der Waals surface area contributed by atoms with Gasteiger partial charge < -0.3 is 16.0 Å². The number of nitrogens with zero attached hydrogens (tertiary/aromatic N) is 4. The standard InChI is InChI=1S/C21H23N7O/c22-19(14-4-2-1-3-5-14)25-21(29)15-8-6-13(7-9-15)17-18-16-10-11-23-20(16)24-12-28(18)27-26-17/h1-5,10-13,15,19,23H,6-9,22H2,(H,25,29)/t13-,15-,19?. The fourth-order valence-corrected chi connectivity index (χ4v) is 4.34. The van der Waals surface area contributed by atoms with E-state index in [0.717, 1.165) is 53.5 Å². The van der Waals surface area contributed by atoms with Crippen molar-refractivity contribution in [3.8, 4) is 0 Å². The maximum Gasteiger partial charge on any atom is 0.224 e. The van der Waals surface area contributed by atoms with E-state index >= 15 is 0 Å². The Morgan fingerprint density at radius 2 is 1.97 bits per heavy atom. The Hall–Kier alpha value is -3.26. The summed E-state index contributed by atoms with van der Waals surface area (Å²) in [5.74, 6) is 0.307. The number of amides is 1. The zero-order valence-corrected chi connectivity index (χ0v) is 16.0. The highest BCUT2D eigenvalue weighted by atomic mass is 16.2. The van der Waals surface area contributed by atoms with E-state index in [2.05, 4.69) is 25.6 Å². The number of carbonyl (C=O) groups excluding carboxylic acids is 1. The van der Waals surface area contributed by atoms with Gasteiger partial charge in [-0.25, -0.2) is 9.50 Å². The van der Waals surface area contributed by atoms with E-state index in [1.807, 2.05) is 42.6 Å². The molecule has 4 N–H and O–H groups in total. The van der Waals surface area contributed by atoms with Crippen molar-refractivity contribution in [1.29, 1.82) is 0 Å². The first kappa shape index (κ1) is 17.8. The second kappa shape index (κ2) is 7.29. The van der Waals surface area contributed by atoms with Crippen molar-refractivity contribution in [3.63, 3.8) is 0 Å². The number of benzene rings is 1. The van der Waals surface area contributed by atoms with Crippen LogP contribution in [-0.2, 0) is 4.79 Å². The van der Waals surface area contributed by atoms with Crippen LogP contribution in [0.4, 0.5) is 0 Å². The van der Waals surface area contributed by atoms with Crippen molar-refractivity contribution in [1.82, 2.24) is 30.1 Å². The van der Waals surface area contributed by atoms with Crippen LogP contribution in [0.1, 0.15) is 49.0 Å². The van der Waals surface area contributed by atoms with Crippen molar-refractivity contribution >= 4 is 22.5 Å². The molecule has 148 valence electrons. The lowest BCUT2D eigenvalue weighted by atomic mass is 9.79. The molecule has 8 nitrogen and oxygen atoms in total. The first-order valence-corrected chi connectivity index (χ1v) is 9.98. The predicted octanol–water partition coefficient (Wildman–Crippen LogP) is 2.65. The van der Waals surface area contributed by atoms with Gasteiger partial charge in [0, 0.05) is 23.4 Å². The molecule has 1 amide bonds. The van der Waals surface area contributed by atoms with E-state index in [9.17, 15) is 4.79 Å². The van der Waals surface area contributed by atoms with E-state index < -0.39 is 6.17 Å². The van der Waals surface area contributed by atoms with Crippen LogP contribution < -0.4 is 11.1 Å². The SMILES string of the molecule is NC(NC(=O)[C@H]1CC[C@H](c2nnn3cnc4[nH]ccc4c23)CC1)c1ccccc1. The van der Waals surface area contributed by atoms with Gasteiger partial charge in [-0.15, -0.1) is 5.10 Å². The predicted molar refractivity (Wildman–Crippen MR) is 109 cm³/mol. The average Bonchev–Trinajstić information content (AvgIpc) is 3.41. The Kier molecular flexibility index (Phi) is 4.48. The molecule has 1 aromatic carbocycles. The number of aromatic nitrogens is 5. The molecule has 0 saturated heterocycles. The molecule has 0 radical (unpaired) electrons. The van der Waals surface area contributed by atoms with Crippen molar-refractivity contribution in [2.75, 3.05) is 0 Å². The summed E-state index contributed by atoms with van der Waals surface area (Å²) in [6.45, 7) is 0. The summed E-state index contributed by atoms with van der Waals surface area (Å²) in [7, 11) is 0. The zero-order valence-electron chi connectivity index (χ0n) is 16.0. The highest BCUT2D eigenvalue weighted by molar-refractivity contribution is 5.92. The number of fused-ring (bicyclic) bond motifs is 3. The molecular formula is C21H23N7O. The van der Waals surface area contributed by atoms with E-state index in [1.165, 1.54) is 0 Å². The minimum Gasteiger partial charge on any atom is -0.346 e. The minimum absolute atomic E-state index is 0.0169. The van der Waals surface area contributed by atoms with Crippen molar-refractivity contribution < 1.29 is 4.79 Å². The Morgan fingerprint density at radius 3 is 2.76 bits per heavy atom. The third-order valence-electron chi connectivity index (χ3n) is 5.94. The number of aromatic amines is 1. The van der Waals surface area contributed by atoms with Gasteiger partial charge in [-0.2, -0.15) is 0 Å². The van der Waals surface area contributed by atoms with E-state index in [4.69, 9.17) is 5.73 Å². The molecule has 5 rings (SSSR count). The van der Waals surface area contributed by atoms with Crippen LogP contribution in [0.25, 0.3) is 16.6 Å². The molecule has 0 bridgehead atoms. The summed E-state index contributed by atoms with van der Waals surface area (Å²) in [6.07, 6.45) is 6.54. The summed E-state index contributed by atoms with van der Waals surface area (Å²) >= 11 is 0. The molecule has 3 aromatic heterocycles. The van der Waals surface area contributed by atoms with Crippen molar-refractivity contribution in [2.45, 2.75) is 37.8 Å². The van der Waals surface area contributed by atoms with Gasteiger partial charge in [-0.3, -0.25) is 4.79 Å². The highest BCUT2D eigenvalue weighted by Crippen LogP contribution is 2.37. The van der Waals surface area contributed by atoms with Crippen molar-refractivity contribution in [3.05, 3.63) is 60.2 Å². The Labute approximate surface area is 167 Å². The van der Waals surface area contributed by atoms with Crippen LogP contribution in [0.3, 0.4) is 0 Å². The zero-order chi connectivity index (χ0) is 19.8. The molecule has 1 saturated carbocycles.